The lowest BCUT2D eigenvalue weighted by molar-refractivity contribution is 0.0607. The minimum Gasteiger partial charge on any atom is -0.465 e. The van der Waals surface area contributed by atoms with Gasteiger partial charge < -0.3 is 15.8 Å². The maximum absolute atomic E-state index is 11.9. The number of nitrogen functional groups attached to an aromatic ring is 1. The van der Waals surface area contributed by atoms with E-state index in [0.717, 1.165) is 34.4 Å². The standard InChI is InChI=1S/C19H22N4O2S/c1-10(2)7-12-8-11(3)14(9-22-12)23-13-5-6-21-18-15(13)16(20)17(26-18)19(24)25-4/h5-6,8-10H,7,20H2,1-4H3,(H,21,23). The highest BCUT2D eigenvalue weighted by atomic mass is 32.1. The normalized spacial score (nSPS) is 11.1. The number of pyridine rings is 2. The Hall–Kier alpha value is -2.67. The van der Waals surface area contributed by atoms with Gasteiger partial charge in [0.1, 0.15) is 9.71 Å². The maximum atomic E-state index is 11.9. The second-order valence-corrected chi connectivity index (χ2v) is 7.59. The molecule has 3 rings (SSSR count). The van der Waals surface area contributed by atoms with E-state index in [-0.39, 0.29) is 0 Å². The number of aromatic nitrogens is 2. The monoisotopic (exact) mass is 370 g/mol. The molecular weight excluding hydrogens is 348 g/mol. The number of aryl methyl sites for hydroxylation is 1. The van der Waals surface area contributed by atoms with Gasteiger partial charge in [0.2, 0.25) is 0 Å². The van der Waals surface area contributed by atoms with Crippen LogP contribution in [-0.4, -0.2) is 23.0 Å². The summed E-state index contributed by atoms with van der Waals surface area (Å²) >= 11 is 1.23. The van der Waals surface area contributed by atoms with Crippen LogP contribution in [-0.2, 0) is 11.2 Å². The van der Waals surface area contributed by atoms with Crippen molar-refractivity contribution in [3.05, 3.63) is 40.7 Å². The highest BCUT2D eigenvalue weighted by Gasteiger charge is 2.20. The minimum absolute atomic E-state index is 0.367. The summed E-state index contributed by atoms with van der Waals surface area (Å²) in [5, 5.41) is 4.10. The molecule has 0 saturated heterocycles. The Morgan fingerprint density at radius 1 is 1.35 bits per heavy atom. The zero-order valence-corrected chi connectivity index (χ0v) is 16.1. The van der Waals surface area contributed by atoms with E-state index in [4.69, 9.17) is 10.5 Å². The van der Waals surface area contributed by atoms with Crippen LogP contribution >= 0.6 is 11.3 Å². The first-order chi connectivity index (χ1) is 12.4. The fourth-order valence-electron chi connectivity index (χ4n) is 2.81. The van der Waals surface area contributed by atoms with Crippen LogP contribution in [0.1, 0.15) is 34.8 Å². The lowest BCUT2D eigenvalue weighted by Crippen LogP contribution is -2.03. The molecule has 0 saturated carbocycles. The zero-order chi connectivity index (χ0) is 18.8. The molecule has 0 unspecified atom stereocenters. The third kappa shape index (κ3) is 3.48. The molecule has 0 aliphatic carbocycles. The Labute approximate surface area is 156 Å². The van der Waals surface area contributed by atoms with E-state index < -0.39 is 5.97 Å². The molecule has 26 heavy (non-hydrogen) atoms. The first-order valence-electron chi connectivity index (χ1n) is 8.38. The summed E-state index contributed by atoms with van der Waals surface area (Å²) in [6.07, 6.45) is 4.47. The van der Waals surface area contributed by atoms with Crippen molar-refractivity contribution < 1.29 is 9.53 Å². The Morgan fingerprint density at radius 3 is 2.77 bits per heavy atom. The van der Waals surface area contributed by atoms with Gasteiger partial charge in [-0.05, 0) is 37.0 Å². The summed E-state index contributed by atoms with van der Waals surface area (Å²) in [4.78, 5) is 21.8. The van der Waals surface area contributed by atoms with Crippen molar-refractivity contribution in [1.29, 1.82) is 0 Å². The van der Waals surface area contributed by atoms with E-state index in [1.165, 1.54) is 18.4 Å². The number of methoxy groups -OCH3 is 1. The number of fused-ring (bicyclic) bond motifs is 1. The number of nitrogens with one attached hydrogen (secondary N) is 1. The number of rotatable bonds is 5. The topological polar surface area (TPSA) is 90.1 Å². The highest BCUT2D eigenvalue weighted by Crippen LogP contribution is 2.38. The summed E-state index contributed by atoms with van der Waals surface area (Å²) < 4.78 is 4.80. The molecule has 0 aliphatic rings. The quantitative estimate of drug-likeness (QED) is 0.650. The van der Waals surface area contributed by atoms with Crippen molar-refractivity contribution in [3.63, 3.8) is 0 Å². The molecule has 7 heteroatoms. The number of nitrogens with zero attached hydrogens (tertiary/aromatic N) is 2. The number of carbonyl (C=O) groups excluding carboxylic acids is 1. The molecule has 3 N–H and O–H groups in total. The summed E-state index contributed by atoms with van der Waals surface area (Å²) in [6.45, 7) is 6.40. The minimum atomic E-state index is -0.452. The molecule has 0 radical (unpaired) electrons. The number of ether oxygens (including phenoxy) is 1. The second kappa shape index (κ2) is 7.29. The smallest absolute Gasteiger partial charge is 0.350 e. The number of carbonyl (C=O) groups is 1. The Bertz CT molecular complexity index is 966. The molecule has 0 fully saturated rings. The van der Waals surface area contributed by atoms with Crippen LogP contribution in [0.4, 0.5) is 17.1 Å². The van der Waals surface area contributed by atoms with Gasteiger partial charge in [0, 0.05) is 11.9 Å². The van der Waals surface area contributed by atoms with Crippen LogP contribution in [0.25, 0.3) is 10.2 Å². The zero-order valence-electron chi connectivity index (χ0n) is 15.3. The van der Waals surface area contributed by atoms with Gasteiger partial charge in [0.25, 0.3) is 0 Å². The van der Waals surface area contributed by atoms with Crippen molar-refractivity contribution in [2.75, 3.05) is 18.2 Å². The van der Waals surface area contributed by atoms with E-state index >= 15 is 0 Å². The first kappa shape index (κ1) is 18.1. The van der Waals surface area contributed by atoms with Gasteiger partial charge in [-0.25, -0.2) is 9.78 Å². The molecule has 0 amide bonds. The number of hydrogen-bond donors (Lipinski definition) is 2. The van der Waals surface area contributed by atoms with Crippen LogP contribution < -0.4 is 11.1 Å². The molecule has 0 aromatic carbocycles. The third-order valence-corrected chi connectivity index (χ3v) is 5.15. The van der Waals surface area contributed by atoms with E-state index in [9.17, 15) is 4.79 Å². The molecule has 0 atom stereocenters. The molecule has 0 bridgehead atoms. The van der Waals surface area contributed by atoms with Crippen molar-refractivity contribution >= 4 is 44.6 Å². The van der Waals surface area contributed by atoms with E-state index in [1.807, 2.05) is 19.2 Å². The van der Waals surface area contributed by atoms with Crippen LogP contribution in [0, 0.1) is 12.8 Å². The van der Waals surface area contributed by atoms with Crippen molar-refractivity contribution in [3.8, 4) is 0 Å². The van der Waals surface area contributed by atoms with Crippen LogP contribution in [0.2, 0.25) is 0 Å². The van der Waals surface area contributed by atoms with E-state index in [0.29, 0.717) is 21.3 Å². The van der Waals surface area contributed by atoms with Gasteiger partial charge in [-0.3, -0.25) is 4.98 Å². The van der Waals surface area contributed by atoms with Crippen molar-refractivity contribution in [1.82, 2.24) is 9.97 Å². The average molecular weight is 370 g/mol. The average Bonchev–Trinajstić information content (AvgIpc) is 2.94. The van der Waals surface area contributed by atoms with Crippen LogP contribution in [0.5, 0.6) is 0 Å². The summed E-state index contributed by atoms with van der Waals surface area (Å²) in [7, 11) is 1.34. The number of thiophene rings is 1. The Kier molecular flexibility index (Phi) is 5.08. The van der Waals surface area contributed by atoms with Gasteiger partial charge in [0.15, 0.2) is 0 Å². The molecule has 3 aromatic rings. The molecule has 136 valence electrons. The largest absolute Gasteiger partial charge is 0.465 e. The van der Waals surface area contributed by atoms with Gasteiger partial charge in [0.05, 0.1) is 35.8 Å². The molecule has 3 aromatic heterocycles. The maximum Gasteiger partial charge on any atom is 0.350 e. The van der Waals surface area contributed by atoms with Gasteiger partial charge >= 0.3 is 5.97 Å². The molecular formula is C19H22N4O2S. The number of hydrogen-bond acceptors (Lipinski definition) is 7. The number of esters is 1. The lowest BCUT2D eigenvalue weighted by Gasteiger charge is -2.12. The molecule has 3 heterocycles. The van der Waals surface area contributed by atoms with Gasteiger partial charge in [-0.2, -0.15) is 0 Å². The fourth-order valence-corrected chi connectivity index (χ4v) is 3.82. The fraction of sp³-hybridized carbons (Fsp3) is 0.316. The predicted molar refractivity (Wildman–Crippen MR) is 106 cm³/mol. The first-order valence-corrected chi connectivity index (χ1v) is 9.20. The van der Waals surface area contributed by atoms with E-state index in [2.05, 4.69) is 35.2 Å². The summed E-state index contributed by atoms with van der Waals surface area (Å²) in [5.74, 6) is 0.107. The van der Waals surface area contributed by atoms with Crippen molar-refractivity contribution in [2.45, 2.75) is 27.2 Å². The van der Waals surface area contributed by atoms with E-state index in [1.54, 1.807) is 6.20 Å². The van der Waals surface area contributed by atoms with Crippen LogP contribution in [0.15, 0.2) is 24.5 Å². The number of nitrogens with two attached hydrogens (primary N) is 1. The van der Waals surface area contributed by atoms with Crippen LogP contribution in [0.3, 0.4) is 0 Å². The molecule has 0 spiro atoms. The Balaban J connectivity index is 1.99. The predicted octanol–water partition coefficient (Wildman–Crippen LogP) is 4.31. The summed E-state index contributed by atoms with van der Waals surface area (Å²) in [5.41, 5.74) is 10.4. The Morgan fingerprint density at radius 2 is 2.12 bits per heavy atom. The lowest BCUT2D eigenvalue weighted by atomic mass is 10.1. The van der Waals surface area contributed by atoms with Gasteiger partial charge in [-0.1, -0.05) is 13.8 Å². The van der Waals surface area contributed by atoms with Crippen molar-refractivity contribution in [2.24, 2.45) is 5.92 Å². The number of anilines is 3. The second-order valence-electron chi connectivity index (χ2n) is 6.59. The SMILES string of the molecule is COC(=O)c1sc2nccc(Nc3cnc(CC(C)C)cc3C)c2c1N. The molecule has 0 aliphatic heterocycles. The summed E-state index contributed by atoms with van der Waals surface area (Å²) in [6, 6.07) is 3.94. The third-order valence-electron chi connectivity index (χ3n) is 4.05. The highest BCUT2D eigenvalue weighted by molar-refractivity contribution is 7.21. The molecule has 6 nitrogen and oxygen atoms in total. The van der Waals surface area contributed by atoms with Gasteiger partial charge in [-0.15, -0.1) is 11.3 Å².